The van der Waals surface area contributed by atoms with E-state index in [-0.39, 0.29) is 5.97 Å². The maximum atomic E-state index is 11.6. The number of ether oxygens (including phenoxy) is 1. The van der Waals surface area contributed by atoms with Crippen LogP contribution in [0.5, 0.6) is 5.75 Å². The third-order valence-electron chi connectivity index (χ3n) is 4.35. The Morgan fingerprint density at radius 1 is 1.00 bits per heavy atom. The molecular formula is C25H36O2. The molecule has 27 heavy (non-hydrogen) atoms. The van der Waals surface area contributed by atoms with Gasteiger partial charge in [0, 0.05) is 5.57 Å². The van der Waals surface area contributed by atoms with Crippen LogP contribution in [-0.4, -0.2) is 5.97 Å². The molecule has 0 aromatic heterocycles. The molecule has 0 spiro atoms. The Morgan fingerprint density at radius 3 is 2.44 bits per heavy atom. The van der Waals surface area contributed by atoms with E-state index in [0.29, 0.717) is 11.3 Å². The van der Waals surface area contributed by atoms with Gasteiger partial charge in [-0.1, -0.05) is 75.6 Å². The van der Waals surface area contributed by atoms with Crippen LogP contribution in [0, 0.1) is 0 Å². The first-order valence-electron chi connectivity index (χ1n) is 10.4. The van der Waals surface area contributed by atoms with Crippen molar-refractivity contribution in [3.05, 3.63) is 66.3 Å². The van der Waals surface area contributed by atoms with Crippen molar-refractivity contribution in [3.63, 3.8) is 0 Å². The lowest BCUT2D eigenvalue weighted by atomic mass is 10.0. The number of aryl methyl sites for hydroxylation is 1. The smallest absolute Gasteiger partial charge is 0.338 e. The zero-order chi connectivity index (χ0) is 19.7. The summed E-state index contributed by atoms with van der Waals surface area (Å²) >= 11 is 0. The molecule has 0 radical (unpaired) electrons. The highest BCUT2D eigenvalue weighted by atomic mass is 16.5. The van der Waals surface area contributed by atoms with Crippen LogP contribution >= 0.6 is 0 Å². The molecule has 0 aliphatic carbocycles. The first-order valence-corrected chi connectivity index (χ1v) is 10.4. The molecule has 0 fully saturated rings. The van der Waals surface area contributed by atoms with Gasteiger partial charge in [-0.05, 0) is 63.1 Å². The van der Waals surface area contributed by atoms with Gasteiger partial charge in [0.1, 0.15) is 5.75 Å². The molecule has 2 heteroatoms. The minimum atomic E-state index is -0.363. The second kappa shape index (κ2) is 15.0. The Balaban J connectivity index is 2.09. The molecule has 1 aromatic rings. The Labute approximate surface area is 166 Å². The molecule has 1 aromatic carbocycles. The van der Waals surface area contributed by atoms with Crippen LogP contribution < -0.4 is 4.74 Å². The van der Waals surface area contributed by atoms with Gasteiger partial charge in [0.25, 0.3) is 0 Å². The van der Waals surface area contributed by atoms with E-state index in [0.717, 1.165) is 12.8 Å². The highest BCUT2D eigenvalue weighted by molar-refractivity contribution is 5.88. The molecule has 0 amide bonds. The van der Waals surface area contributed by atoms with E-state index in [4.69, 9.17) is 4.74 Å². The third-order valence-corrected chi connectivity index (χ3v) is 4.35. The molecule has 1 rings (SSSR count). The number of allylic oxidation sites excluding steroid dienone is 4. The van der Waals surface area contributed by atoms with E-state index in [1.807, 2.05) is 18.2 Å². The zero-order valence-corrected chi connectivity index (χ0v) is 17.2. The summed E-state index contributed by atoms with van der Waals surface area (Å²) in [6.45, 7) is 7.48. The lowest BCUT2D eigenvalue weighted by molar-refractivity contribution is -0.130. The lowest BCUT2D eigenvalue weighted by Crippen LogP contribution is -2.08. The number of carbonyl (C=O) groups is 1. The number of esters is 1. The Bertz CT molecular complexity index is 611. The summed E-state index contributed by atoms with van der Waals surface area (Å²) in [5, 5.41) is 0. The lowest BCUT2D eigenvalue weighted by Gasteiger charge is -2.06. The molecule has 2 nitrogen and oxygen atoms in total. The summed E-state index contributed by atoms with van der Waals surface area (Å²) in [5.41, 5.74) is 1.64. The van der Waals surface area contributed by atoms with Gasteiger partial charge in [-0.15, -0.1) is 0 Å². The standard InChI is InChI=1S/C25H36O2/c1-4-5-6-7-8-9-10-11-12-13-14-15-16-18-23-19-17-20-24(21-23)27-25(26)22(2)3/h6-7,9-10,17,19-21H,2,4-5,8,11-16,18H2,1,3H3/b7-6-,10-9-. The summed E-state index contributed by atoms with van der Waals surface area (Å²) in [4.78, 5) is 11.6. The second-order valence-electron chi connectivity index (χ2n) is 7.09. The van der Waals surface area contributed by atoms with E-state index < -0.39 is 0 Å². The quantitative estimate of drug-likeness (QED) is 0.113. The number of benzene rings is 1. The van der Waals surface area contributed by atoms with Gasteiger partial charge < -0.3 is 4.74 Å². The minimum Gasteiger partial charge on any atom is -0.423 e. The van der Waals surface area contributed by atoms with Crippen LogP contribution in [0.1, 0.15) is 77.2 Å². The first kappa shape index (κ1) is 23.0. The molecule has 148 valence electrons. The molecule has 0 heterocycles. The number of carbonyl (C=O) groups excluding carboxylic acids is 1. The molecule has 0 aliphatic heterocycles. The first-order chi connectivity index (χ1) is 13.1. The van der Waals surface area contributed by atoms with Crippen molar-refractivity contribution >= 4 is 5.97 Å². The van der Waals surface area contributed by atoms with E-state index in [2.05, 4.69) is 43.9 Å². The fourth-order valence-corrected chi connectivity index (χ4v) is 2.75. The molecular weight excluding hydrogens is 332 g/mol. The van der Waals surface area contributed by atoms with Crippen LogP contribution in [0.2, 0.25) is 0 Å². The predicted octanol–water partition coefficient (Wildman–Crippen LogP) is 7.35. The molecule has 0 saturated carbocycles. The monoisotopic (exact) mass is 368 g/mol. The van der Waals surface area contributed by atoms with Crippen molar-refractivity contribution in [1.82, 2.24) is 0 Å². The van der Waals surface area contributed by atoms with Gasteiger partial charge >= 0.3 is 5.97 Å². The number of unbranched alkanes of at least 4 members (excludes halogenated alkanes) is 6. The van der Waals surface area contributed by atoms with Gasteiger partial charge in [0.05, 0.1) is 0 Å². The highest BCUT2D eigenvalue weighted by Crippen LogP contribution is 2.17. The largest absolute Gasteiger partial charge is 0.423 e. The fourth-order valence-electron chi connectivity index (χ4n) is 2.75. The second-order valence-corrected chi connectivity index (χ2v) is 7.09. The van der Waals surface area contributed by atoms with E-state index in [1.54, 1.807) is 6.92 Å². The fraction of sp³-hybridized carbons (Fsp3) is 0.480. The predicted molar refractivity (Wildman–Crippen MR) is 116 cm³/mol. The maximum Gasteiger partial charge on any atom is 0.338 e. The summed E-state index contributed by atoms with van der Waals surface area (Å²) in [6.07, 6.45) is 21.1. The summed E-state index contributed by atoms with van der Waals surface area (Å²) in [5.74, 6) is 0.245. The van der Waals surface area contributed by atoms with Crippen molar-refractivity contribution in [1.29, 1.82) is 0 Å². The van der Waals surface area contributed by atoms with Crippen LogP contribution in [-0.2, 0) is 11.2 Å². The minimum absolute atomic E-state index is 0.363. The average Bonchev–Trinajstić information content (AvgIpc) is 2.65. The number of rotatable bonds is 14. The molecule has 0 bridgehead atoms. The summed E-state index contributed by atoms with van der Waals surface area (Å²) in [7, 11) is 0. The Morgan fingerprint density at radius 2 is 1.70 bits per heavy atom. The third kappa shape index (κ3) is 12.0. The van der Waals surface area contributed by atoms with E-state index >= 15 is 0 Å². The van der Waals surface area contributed by atoms with Crippen molar-refractivity contribution in [2.75, 3.05) is 0 Å². The van der Waals surface area contributed by atoms with Crippen LogP contribution in [0.3, 0.4) is 0 Å². The van der Waals surface area contributed by atoms with E-state index in [9.17, 15) is 4.79 Å². The SMILES string of the molecule is C=C(C)C(=O)Oc1cccc(CCCCCCC/C=C\C/C=C\CCC)c1. The number of hydrogen-bond acceptors (Lipinski definition) is 2. The molecule has 0 saturated heterocycles. The van der Waals surface area contributed by atoms with Gasteiger partial charge in [-0.3, -0.25) is 0 Å². The Kier molecular flexibility index (Phi) is 12.8. The van der Waals surface area contributed by atoms with Gasteiger partial charge in [-0.25, -0.2) is 4.79 Å². The number of hydrogen-bond donors (Lipinski definition) is 0. The van der Waals surface area contributed by atoms with Crippen molar-refractivity contribution in [2.24, 2.45) is 0 Å². The molecule has 0 atom stereocenters. The normalized spacial score (nSPS) is 11.3. The van der Waals surface area contributed by atoms with Gasteiger partial charge in [0.2, 0.25) is 0 Å². The van der Waals surface area contributed by atoms with Crippen LogP contribution in [0.15, 0.2) is 60.7 Å². The maximum absolute atomic E-state index is 11.6. The zero-order valence-electron chi connectivity index (χ0n) is 17.2. The van der Waals surface area contributed by atoms with Crippen LogP contribution in [0.4, 0.5) is 0 Å². The summed E-state index contributed by atoms with van der Waals surface area (Å²) < 4.78 is 5.29. The van der Waals surface area contributed by atoms with Gasteiger partial charge in [-0.2, -0.15) is 0 Å². The highest BCUT2D eigenvalue weighted by Gasteiger charge is 2.05. The van der Waals surface area contributed by atoms with Crippen molar-refractivity contribution in [2.45, 2.75) is 78.1 Å². The molecule has 0 N–H and O–H groups in total. The van der Waals surface area contributed by atoms with Gasteiger partial charge in [0.15, 0.2) is 0 Å². The Hall–Kier alpha value is -2.09. The van der Waals surface area contributed by atoms with E-state index in [1.165, 1.54) is 56.9 Å². The van der Waals surface area contributed by atoms with Crippen molar-refractivity contribution < 1.29 is 9.53 Å². The molecule has 0 unspecified atom stereocenters. The average molecular weight is 369 g/mol. The molecule has 0 aliphatic rings. The summed E-state index contributed by atoms with van der Waals surface area (Å²) in [6, 6.07) is 7.82. The van der Waals surface area contributed by atoms with Crippen molar-refractivity contribution in [3.8, 4) is 5.75 Å². The topological polar surface area (TPSA) is 26.3 Å². The van der Waals surface area contributed by atoms with Crippen LogP contribution in [0.25, 0.3) is 0 Å².